The predicted molar refractivity (Wildman–Crippen MR) is 136 cm³/mol. The van der Waals surface area contributed by atoms with Crippen molar-refractivity contribution in [2.45, 2.75) is 77.8 Å². The Morgan fingerprint density at radius 3 is 2.74 bits per heavy atom. The van der Waals surface area contributed by atoms with Gasteiger partial charge >= 0.3 is 0 Å². The van der Waals surface area contributed by atoms with Crippen molar-refractivity contribution < 1.29 is 18.3 Å². The summed E-state index contributed by atoms with van der Waals surface area (Å²) < 4.78 is 33.1. The molecule has 1 amide bonds. The van der Waals surface area contributed by atoms with Gasteiger partial charge in [0.15, 0.2) is 0 Å². The normalized spacial score (nSPS) is 20.0. The fourth-order valence-electron chi connectivity index (χ4n) is 4.38. The predicted octanol–water partition coefficient (Wildman–Crippen LogP) is 5.54. The zero-order chi connectivity index (χ0) is 25.4. The molecule has 0 bridgehead atoms. The molecule has 1 fully saturated rings. The van der Waals surface area contributed by atoms with Crippen molar-refractivity contribution in [3.05, 3.63) is 41.1 Å². The van der Waals surface area contributed by atoms with Gasteiger partial charge < -0.3 is 10.1 Å². The monoisotopic (exact) mass is 488 g/mol. The summed E-state index contributed by atoms with van der Waals surface area (Å²) in [7, 11) is 1.69. The molecule has 0 radical (unpaired) electrons. The Hall–Kier alpha value is -2.77. The van der Waals surface area contributed by atoms with Crippen molar-refractivity contribution in [2.75, 3.05) is 13.7 Å². The summed E-state index contributed by atoms with van der Waals surface area (Å²) >= 11 is 0. The molecule has 1 aliphatic carbocycles. The minimum atomic E-state index is -2.65. The number of hydrogen-bond donors (Lipinski definition) is 1. The van der Waals surface area contributed by atoms with Gasteiger partial charge in [0.1, 0.15) is 17.6 Å². The summed E-state index contributed by atoms with van der Waals surface area (Å²) in [4.78, 5) is 14.9. The van der Waals surface area contributed by atoms with E-state index in [2.05, 4.69) is 47.5 Å². The fraction of sp³-hybridized carbons (Fsp3) is 0.593. The van der Waals surface area contributed by atoms with Gasteiger partial charge in [-0.3, -0.25) is 9.79 Å². The van der Waals surface area contributed by atoms with Crippen LogP contribution in [0, 0.1) is 11.8 Å². The van der Waals surface area contributed by atoms with Crippen LogP contribution >= 0.6 is 0 Å². The number of carbonyl (C=O) groups is 1. The number of carbonyl (C=O) groups excluding carboxylic acids is 1. The van der Waals surface area contributed by atoms with Gasteiger partial charge in [0, 0.05) is 24.4 Å². The van der Waals surface area contributed by atoms with Crippen molar-refractivity contribution in [2.24, 2.45) is 21.9 Å². The highest BCUT2D eigenvalue weighted by atomic mass is 19.3. The highest BCUT2D eigenvalue weighted by Gasteiger charge is 2.31. The molecule has 1 aromatic carbocycles. The molecule has 3 atom stereocenters. The number of hydrogen-bond acceptors (Lipinski definition) is 5. The van der Waals surface area contributed by atoms with Crippen LogP contribution < -0.4 is 10.1 Å². The van der Waals surface area contributed by atoms with Crippen molar-refractivity contribution in [3.63, 3.8) is 0 Å². The van der Waals surface area contributed by atoms with Crippen LogP contribution in [-0.2, 0) is 11.2 Å². The first-order chi connectivity index (χ1) is 16.9. The lowest BCUT2D eigenvalue weighted by Gasteiger charge is -2.35. The van der Waals surface area contributed by atoms with Crippen LogP contribution in [0.1, 0.15) is 69.9 Å². The summed E-state index contributed by atoms with van der Waals surface area (Å²) in [5.74, 6) is 1.64. The third kappa shape index (κ3) is 7.36. The minimum absolute atomic E-state index is 0.0827. The molecule has 8 heteroatoms. The second kappa shape index (κ2) is 12.8. The fourth-order valence-corrected chi connectivity index (χ4v) is 4.38. The Morgan fingerprint density at radius 2 is 2.11 bits per heavy atom. The molecular weight excluding hydrogens is 450 g/mol. The number of nitrogens with one attached hydrogen (secondary N) is 1. The smallest absolute Gasteiger partial charge is 0.280 e. The summed E-state index contributed by atoms with van der Waals surface area (Å²) in [6.45, 7) is 6.48. The number of hydrazone groups is 1. The molecule has 3 rings (SSSR count). The highest BCUT2D eigenvalue weighted by Crippen LogP contribution is 2.44. The van der Waals surface area contributed by atoms with E-state index in [9.17, 15) is 13.6 Å². The van der Waals surface area contributed by atoms with Crippen LogP contribution in [-0.4, -0.2) is 49.6 Å². The molecule has 1 heterocycles. The van der Waals surface area contributed by atoms with Crippen LogP contribution in [0.2, 0.25) is 0 Å². The second-order valence-electron chi connectivity index (χ2n) is 9.52. The van der Waals surface area contributed by atoms with Gasteiger partial charge in [0.25, 0.3) is 6.43 Å². The molecule has 6 nitrogen and oxygen atoms in total. The average Bonchev–Trinajstić information content (AvgIpc) is 3.69. The summed E-state index contributed by atoms with van der Waals surface area (Å²) in [5.41, 5.74) is 2.85. The van der Waals surface area contributed by atoms with Crippen molar-refractivity contribution >= 4 is 18.3 Å². The number of halogens is 2. The van der Waals surface area contributed by atoms with Crippen LogP contribution in [0.15, 0.2) is 40.1 Å². The van der Waals surface area contributed by atoms with E-state index in [1.165, 1.54) is 24.5 Å². The Morgan fingerprint density at radius 1 is 1.34 bits per heavy atom. The van der Waals surface area contributed by atoms with E-state index in [1.54, 1.807) is 19.0 Å². The Balaban J connectivity index is 1.94. The molecule has 1 aromatic rings. The van der Waals surface area contributed by atoms with Gasteiger partial charge in [0.2, 0.25) is 6.41 Å². The van der Waals surface area contributed by atoms with Gasteiger partial charge in [-0.25, -0.2) is 13.8 Å². The first-order valence-electron chi connectivity index (χ1n) is 12.6. The molecule has 192 valence electrons. The van der Waals surface area contributed by atoms with E-state index in [0.29, 0.717) is 31.7 Å². The summed E-state index contributed by atoms with van der Waals surface area (Å²) in [6, 6.07) is 6.33. The quantitative estimate of drug-likeness (QED) is 0.212. The van der Waals surface area contributed by atoms with Crippen molar-refractivity contribution in [1.29, 1.82) is 0 Å². The number of ether oxygens (including phenoxy) is 1. The molecule has 1 N–H and O–H groups in total. The van der Waals surface area contributed by atoms with Crippen molar-refractivity contribution in [3.8, 4) is 5.75 Å². The standard InChI is InChI=1S/C27H38F2N4O2/c1-5-18(2)16-31-33-19(3)32-24(27(28)29)15-25(33)22(7-6-12-30-17-34)13-20-8-11-23(21-9-10-21)26(14-20)35-4/h8,11,14-19,21-22,27H,5-7,9-10,12-13H2,1-4H3,(H,30,34)/b31-16-. The molecular formula is C27H38F2N4O2. The molecule has 0 aromatic heterocycles. The molecule has 2 aliphatic rings. The van der Waals surface area contributed by atoms with Gasteiger partial charge in [-0.15, -0.1) is 0 Å². The second-order valence-corrected chi connectivity index (χ2v) is 9.52. The van der Waals surface area contributed by atoms with E-state index < -0.39 is 12.6 Å². The lowest BCUT2D eigenvalue weighted by atomic mass is 9.89. The third-order valence-corrected chi connectivity index (χ3v) is 6.74. The maximum Gasteiger partial charge on any atom is 0.280 e. The third-order valence-electron chi connectivity index (χ3n) is 6.74. The van der Waals surface area contributed by atoms with Gasteiger partial charge in [-0.1, -0.05) is 26.0 Å². The molecule has 3 unspecified atom stereocenters. The van der Waals surface area contributed by atoms with Crippen molar-refractivity contribution in [1.82, 2.24) is 10.3 Å². The number of rotatable bonds is 14. The number of benzene rings is 1. The highest BCUT2D eigenvalue weighted by molar-refractivity contribution is 5.98. The number of allylic oxidation sites excluding steroid dienone is 2. The largest absolute Gasteiger partial charge is 0.496 e. The van der Waals surface area contributed by atoms with Crippen LogP contribution in [0.5, 0.6) is 5.75 Å². The van der Waals surface area contributed by atoms with E-state index >= 15 is 0 Å². The lowest BCUT2D eigenvalue weighted by Crippen LogP contribution is -2.36. The zero-order valence-corrected chi connectivity index (χ0v) is 21.2. The minimum Gasteiger partial charge on any atom is -0.496 e. The molecule has 0 saturated heterocycles. The Bertz CT molecular complexity index is 943. The van der Waals surface area contributed by atoms with E-state index in [0.717, 1.165) is 29.9 Å². The van der Waals surface area contributed by atoms with Gasteiger partial charge in [-0.05, 0) is 80.6 Å². The van der Waals surface area contributed by atoms with Crippen LogP contribution in [0.25, 0.3) is 0 Å². The van der Waals surface area contributed by atoms with Crippen LogP contribution in [0.4, 0.5) is 8.78 Å². The van der Waals surface area contributed by atoms with E-state index in [1.807, 2.05) is 6.21 Å². The number of methoxy groups -OCH3 is 1. The molecule has 1 saturated carbocycles. The first-order valence-corrected chi connectivity index (χ1v) is 12.6. The van der Waals surface area contributed by atoms with E-state index in [4.69, 9.17) is 4.74 Å². The average molecular weight is 489 g/mol. The van der Waals surface area contributed by atoms with Crippen LogP contribution in [0.3, 0.4) is 0 Å². The van der Waals surface area contributed by atoms with E-state index in [-0.39, 0.29) is 17.5 Å². The number of aliphatic imine (C=N–C) groups is 1. The SMILES string of the molecule is CCC(C)/C=N\N1C(C(CCCNC=O)Cc2ccc(C3CC3)c(OC)c2)=CC(C(F)F)=NC1C. The lowest BCUT2D eigenvalue weighted by molar-refractivity contribution is -0.109. The molecule has 1 aliphatic heterocycles. The topological polar surface area (TPSA) is 66.3 Å². The number of amides is 1. The Kier molecular flexibility index (Phi) is 9.81. The maximum atomic E-state index is 13.7. The zero-order valence-electron chi connectivity index (χ0n) is 21.2. The number of nitrogens with zero attached hydrogens (tertiary/aromatic N) is 3. The van der Waals surface area contributed by atoms with Gasteiger partial charge in [-0.2, -0.15) is 5.10 Å². The van der Waals surface area contributed by atoms with Gasteiger partial charge in [0.05, 0.1) is 7.11 Å². The molecule has 35 heavy (non-hydrogen) atoms. The molecule has 0 spiro atoms. The first kappa shape index (κ1) is 26.8. The maximum absolute atomic E-state index is 13.7. The number of alkyl halides is 2. The summed E-state index contributed by atoms with van der Waals surface area (Å²) in [6.07, 6.45) is 6.26. The Labute approximate surface area is 207 Å². The summed E-state index contributed by atoms with van der Waals surface area (Å²) in [5, 5.41) is 9.17.